The van der Waals surface area contributed by atoms with Crippen LogP contribution in [-0.4, -0.2) is 23.6 Å². The van der Waals surface area contributed by atoms with Gasteiger partial charge in [-0.15, -0.1) is 0 Å². The lowest BCUT2D eigenvalue weighted by molar-refractivity contribution is 0.0530. The lowest BCUT2D eigenvalue weighted by Crippen LogP contribution is -2.12. The van der Waals surface area contributed by atoms with Crippen molar-refractivity contribution in [2.45, 2.75) is 26.0 Å². The number of carbonyl (C=O) groups is 1. The second-order valence-electron chi connectivity index (χ2n) is 4.09. The van der Waals surface area contributed by atoms with Gasteiger partial charge < -0.3 is 10.5 Å². The summed E-state index contributed by atoms with van der Waals surface area (Å²) in [6.45, 7) is 6.52. The zero-order chi connectivity index (χ0) is 12.8. The Hall–Kier alpha value is -1.16. The highest BCUT2D eigenvalue weighted by Gasteiger charge is 2.13. The molecule has 1 rings (SSSR count). The van der Waals surface area contributed by atoms with Gasteiger partial charge in [0.25, 0.3) is 0 Å². The molecule has 0 saturated carbocycles. The monoisotopic (exact) mass is 253 g/mol. The highest BCUT2D eigenvalue weighted by Crippen LogP contribution is 2.17. The first kappa shape index (κ1) is 13.9. The molecule has 94 valence electrons. The average molecular weight is 253 g/mol. The van der Waals surface area contributed by atoms with Crippen LogP contribution in [0.4, 0.5) is 5.69 Å². The molecule has 0 fully saturated rings. The highest BCUT2D eigenvalue weighted by atomic mass is 32.2. The number of rotatable bonds is 5. The zero-order valence-electron chi connectivity index (χ0n) is 10.5. The Labute approximate surface area is 107 Å². The van der Waals surface area contributed by atoms with Crippen LogP contribution in [0.1, 0.15) is 29.8 Å². The summed E-state index contributed by atoms with van der Waals surface area (Å²) in [7, 11) is 0. The number of aryl methyl sites for hydroxylation is 1. The zero-order valence-corrected chi connectivity index (χ0v) is 11.3. The SMILES string of the molecule is Cc1cccc(N)c1C(=O)OCCSC(C)C. The van der Waals surface area contributed by atoms with Gasteiger partial charge >= 0.3 is 5.97 Å². The Morgan fingerprint density at radius 2 is 2.18 bits per heavy atom. The smallest absolute Gasteiger partial charge is 0.340 e. The molecule has 1 aromatic carbocycles. The lowest BCUT2D eigenvalue weighted by Gasteiger charge is -2.10. The van der Waals surface area contributed by atoms with Crippen molar-refractivity contribution >= 4 is 23.4 Å². The van der Waals surface area contributed by atoms with Crippen molar-refractivity contribution in [3.63, 3.8) is 0 Å². The van der Waals surface area contributed by atoms with E-state index in [1.165, 1.54) is 0 Å². The van der Waals surface area contributed by atoms with E-state index in [1.54, 1.807) is 17.8 Å². The summed E-state index contributed by atoms with van der Waals surface area (Å²) in [5, 5.41) is 0.553. The standard InChI is InChI=1S/C13H19NO2S/c1-9(2)17-8-7-16-13(15)12-10(3)5-4-6-11(12)14/h4-6,9H,7-8,14H2,1-3H3. The van der Waals surface area contributed by atoms with Gasteiger partial charge in [0.05, 0.1) is 5.56 Å². The molecule has 17 heavy (non-hydrogen) atoms. The number of hydrogen-bond donors (Lipinski definition) is 1. The third-order valence-corrected chi connectivity index (χ3v) is 3.35. The Bertz CT molecular complexity index is 371. The quantitative estimate of drug-likeness (QED) is 0.498. The second kappa shape index (κ2) is 6.55. The first-order valence-electron chi connectivity index (χ1n) is 5.66. The van der Waals surface area contributed by atoms with Crippen LogP contribution in [0.3, 0.4) is 0 Å². The molecule has 0 aliphatic carbocycles. The van der Waals surface area contributed by atoms with Crippen LogP contribution in [0.5, 0.6) is 0 Å². The van der Waals surface area contributed by atoms with Gasteiger partial charge in [-0.1, -0.05) is 26.0 Å². The minimum Gasteiger partial charge on any atom is -0.461 e. The van der Waals surface area contributed by atoms with Crippen molar-refractivity contribution in [2.75, 3.05) is 18.1 Å². The summed E-state index contributed by atoms with van der Waals surface area (Å²) < 4.78 is 5.20. The van der Waals surface area contributed by atoms with E-state index in [-0.39, 0.29) is 5.97 Å². The van der Waals surface area contributed by atoms with Gasteiger partial charge in [-0.2, -0.15) is 11.8 Å². The van der Waals surface area contributed by atoms with Crippen LogP contribution in [-0.2, 0) is 4.74 Å². The average Bonchev–Trinajstić information content (AvgIpc) is 2.24. The van der Waals surface area contributed by atoms with Crippen molar-refractivity contribution in [1.29, 1.82) is 0 Å². The predicted octanol–water partition coefficient (Wildman–Crippen LogP) is 2.88. The summed E-state index contributed by atoms with van der Waals surface area (Å²) in [5.41, 5.74) is 7.59. The fourth-order valence-corrected chi connectivity index (χ4v) is 2.11. The normalized spacial score (nSPS) is 10.6. The van der Waals surface area contributed by atoms with Crippen LogP contribution < -0.4 is 5.73 Å². The number of anilines is 1. The van der Waals surface area contributed by atoms with Gasteiger partial charge in [-0.3, -0.25) is 0 Å². The van der Waals surface area contributed by atoms with E-state index in [0.717, 1.165) is 11.3 Å². The van der Waals surface area contributed by atoms with Crippen LogP contribution in [0.15, 0.2) is 18.2 Å². The molecule has 4 heteroatoms. The number of nitrogens with two attached hydrogens (primary N) is 1. The van der Waals surface area contributed by atoms with E-state index < -0.39 is 0 Å². The summed E-state index contributed by atoms with van der Waals surface area (Å²) in [5.74, 6) is 0.486. The van der Waals surface area contributed by atoms with Crippen molar-refractivity contribution < 1.29 is 9.53 Å². The van der Waals surface area contributed by atoms with Gasteiger partial charge in [0, 0.05) is 11.4 Å². The van der Waals surface area contributed by atoms with E-state index in [0.29, 0.717) is 23.1 Å². The molecule has 0 bridgehead atoms. The first-order chi connectivity index (χ1) is 8.02. The number of hydrogen-bond acceptors (Lipinski definition) is 4. The van der Waals surface area contributed by atoms with Gasteiger partial charge in [0.2, 0.25) is 0 Å². The van der Waals surface area contributed by atoms with Crippen LogP contribution in [0.25, 0.3) is 0 Å². The minimum absolute atomic E-state index is 0.329. The largest absolute Gasteiger partial charge is 0.461 e. The van der Waals surface area contributed by atoms with Crippen LogP contribution in [0.2, 0.25) is 0 Å². The van der Waals surface area contributed by atoms with Gasteiger partial charge in [-0.05, 0) is 23.8 Å². The maximum atomic E-state index is 11.8. The summed E-state index contributed by atoms with van der Waals surface area (Å²) in [4.78, 5) is 11.8. The van der Waals surface area contributed by atoms with Crippen molar-refractivity contribution in [1.82, 2.24) is 0 Å². The molecule has 0 heterocycles. The lowest BCUT2D eigenvalue weighted by atomic mass is 10.1. The molecule has 2 N–H and O–H groups in total. The number of benzene rings is 1. The molecule has 0 aliphatic heterocycles. The third-order valence-electron chi connectivity index (χ3n) is 2.28. The molecule has 0 saturated heterocycles. The molecule has 0 aliphatic rings. The molecule has 3 nitrogen and oxygen atoms in total. The minimum atomic E-state index is -0.329. The Morgan fingerprint density at radius 1 is 1.47 bits per heavy atom. The van der Waals surface area contributed by atoms with Crippen LogP contribution >= 0.6 is 11.8 Å². The number of thioether (sulfide) groups is 1. The number of esters is 1. The number of nitrogen functional groups attached to an aromatic ring is 1. The fraction of sp³-hybridized carbons (Fsp3) is 0.462. The van der Waals surface area contributed by atoms with Crippen LogP contribution in [0, 0.1) is 6.92 Å². The van der Waals surface area contributed by atoms with Crippen molar-refractivity contribution in [3.8, 4) is 0 Å². The molecule has 0 atom stereocenters. The predicted molar refractivity (Wildman–Crippen MR) is 73.5 cm³/mol. The van der Waals surface area contributed by atoms with Gasteiger partial charge in [-0.25, -0.2) is 4.79 Å². The Morgan fingerprint density at radius 3 is 2.76 bits per heavy atom. The maximum absolute atomic E-state index is 11.8. The molecule has 0 spiro atoms. The molecular weight excluding hydrogens is 234 g/mol. The van der Waals surface area contributed by atoms with E-state index in [1.807, 2.05) is 19.1 Å². The van der Waals surface area contributed by atoms with Gasteiger partial charge in [0.1, 0.15) is 6.61 Å². The van der Waals surface area contributed by atoms with E-state index in [2.05, 4.69) is 13.8 Å². The molecule has 0 amide bonds. The third kappa shape index (κ3) is 4.30. The second-order valence-corrected chi connectivity index (χ2v) is 5.78. The summed E-state index contributed by atoms with van der Waals surface area (Å²) >= 11 is 1.77. The van der Waals surface area contributed by atoms with Crippen molar-refractivity contribution in [3.05, 3.63) is 29.3 Å². The number of ether oxygens (including phenoxy) is 1. The molecule has 0 unspecified atom stereocenters. The molecule has 0 aromatic heterocycles. The van der Waals surface area contributed by atoms with E-state index in [9.17, 15) is 4.79 Å². The highest BCUT2D eigenvalue weighted by molar-refractivity contribution is 7.99. The van der Waals surface area contributed by atoms with E-state index in [4.69, 9.17) is 10.5 Å². The Balaban J connectivity index is 2.53. The molecule has 1 aromatic rings. The maximum Gasteiger partial charge on any atom is 0.340 e. The van der Waals surface area contributed by atoms with Crippen molar-refractivity contribution in [2.24, 2.45) is 0 Å². The summed E-state index contributed by atoms with van der Waals surface area (Å²) in [6, 6.07) is 5.40. The molecular formula is C13H19NO2S. The molecule has 0 radical (unpaired) electrons. The summed E-state index contributed by atoms with van der Waals surface area (Å²) in [6.07, 6.45) is 0. The Kier molecular flexibility index (Phi) is 5.35. The van der Waals surface area contributed by atoms with E-state index >= 15 is 0 Å². The fourth-order valence-electron chi connectivity index (χ4n) is 1.46. The van der Waals surface area contributed by atoms with Gasteiger partial charge in [0.15, 0.2) is 0 Å². The number of carbonyl (C=O) groups excluding carboxylic acids is 1. The first-order valence-corrected chi connectivity index (χ1v) is 6.71. The topological polar surface area (TPSA) is 52.3 Å².